The van der Waals surface area contributed by atoms with Gasteiger partial charge >= 0.3 is 11.7 Å². The number of benzene rings is 1. The summed E-state index contributed by atoms with van der Waals surface area (Å²) in [4.78, 5) is 32.5. The first-order valence-electron chi connectivity index (χ1n) is 5.86. The highest BCUT2D eigenvalue weighted by Crippen LogP contribution is 2.30. The predicted molar refractivity (Wildman–Crippen MR) is 73.4 cm³/mol. The Hall–Kier alpha value is -2.35. The fourth-order valence-corrected chi connectivity index (χ4v) is 1.54. The highest BCUT2D eigenvalue weighted by molar-refractivity contribution is 6.30. The standard InChI is InChI=1S/C12H13ClN2O6/c1-6(12(17)18)14-11(16)7(2)21-10-4-3-8(13)5-9(10)15(19)20/h3-7H,1-2H3,(H,14,16)(H,17,18). The van der Waals surface area contributed by atoms with Crippen molar-refractivity contribution in [3.8, 4) is 5.75 Å². The van der Waals surface area contributed by atoms with Gasteiger partial charge in [0.15, 0.2) is 11.9 Å². The van der Waals surface area contributed by atoms with Gasteiger partial charge in [0.1, 0.15) is 6.04 Å². The SMILES string of the molecule is CC(NC(=O)C(C)Oc1ccc(Cl)cc1[N+](=O)[O-])C(=O)O. The van der Waals surface area contributed by atoms with Crippen LogP contribution in [0.4, 0.5) is 5.69 Å². The molecule has 1 rings (SSSR count). The van der Waals surface area contributed by atoms with E-state index >= 15 is 0 Å². The maximum absolute atomic E-state index is 11.7. The summed E-state index contributed by atoms with van der Waals surface area (Å²) in [5, 5.41) is 21.9. The number of nitrogens with zero attached hydrogens (tertiary/aromatic N) is 1. The zero-order valence-electron chi connectivity index (χ0n) is 11.2. The Kier molecular flexibility index (Phi) is 5.48. The number of hydrogen-bond donors (Lipinski definition) is 2. The maximum atomic E-state index is 11.7. The van der Waals surface area contributed by atoms with Crippen molar-refractivity contribution in [2.75, 3.05) is 0 Å². The largest absolute Gasteiger partial charge is 0.480 e. The van der Waals surface area contributed by atoms with E-state index in [0.29, 0.717) is 0 Å². The zero-order chi connectivity index (χ0) is 16.2. The maximum Gasteiger partial charge on any atom is 0.325 e. The normalized spacial score (nSPS) is 13.1. The van der Waals surface area contributed by atoms with Crippen LogP contribution in [0.2, 0.25) is 5.02 Å². The molecule has 0 saturated heterocycles. The van der Waals surface area contributed by atoms with Crippen LogP contribution in [0.15, 0.2) is 18.2 Å². The van der Waals surface area contributed by atoms with E-state index in [1.54, 1.807) is 0 Å². The van der Waals surface area contributed by atoms with Crippen LogP contribution in [0.5, 0.6) is 5.75 Å². The van der Waals surface area contributed by atoms with E-state index in [4.69, 9.17) is 21.4 Å². The van der Waals surface area contributed by atoms with Crippen LogP contribution in [0, 0.1) is 10.1 Å². The van der Waals surface area contributed by atoms with Crippen molar-refractivity contribution in [1.82, 2.24) is 5.32 Å². The number of nitrogens with one attached hydrogen (secondary N) is 1. The summed E-state index contributed by atoms with van der Waals surface area (Å²) in [6.07, 6.45) is -1.10. The minimum absolute atomic E-state index is 0.130. The van der Waals surface area contributed by atoms with Crippen molar-refractivity contribution in [2.45, 2.75) is 26.0 Å². The van der Waals surface area contributed by atoms with Gasteiger partial charge in [-0.2, -0.15) is 0 Å². The van der Waals surface area contributed by atoms with Crippen molar-refractivity contribution in [2.24, 2.45) is 0 Å². The van der Waals surface area contributed by atoms with Crippen molar-refractivity contribution in [3.63, 3.8) is 0 Å². The molecule has 114 valence electrons. The molecule has 21 heavy (non-hydrogen) atoms. The number of rotatable bonds is 6. The molecule has 0 heterocycles. The molecule has 2 N–H and O–H groups in total. The van der Waals surface area contributed by atoms with E-state index in [2.05, 4.69) is 5.32 Å². The Morgan fingerprint density at radius 3 is 2.57 bits per heavy atom. The van der Waals surface area contributed by atoms with Crippen LogP contribution in [-0.4, -0.2) is 34.1 Å². The van der Waals surface area contributed by atoms with Crippen molar-refractivity contribution in [3.05, 3.63) is 33.3 Å². The fourth-order valence-electron chi connectivity index (χ4n) is 1.37. The molecular weight excluding hydrogens is 304 g/mol. The van der Waals surface area contributed by atoms with Crippen molar-refractivity contribution in [1.29, 1.82) is 0 Å². The molecule has 0 aliphatic carbocycles. The number of halogens is 1. The number of aliphatic carboxylic acids is 1. The van der Waals surface area contributed by atoms with Crippen LogP contribution >= 0.6 is 11.6 Å². The van der Waals surface area contributed by atoms with Crippen LogP contribution in [-0.2, 0) is 9.59 Å². The first-order chi connectivity index (χ1) is 9.72. The van der Waals surface area contributed by atoms with E-state index in [9.17, 15) is 19.7 Å². The molecule has 1 amide bonds. The first kappa shape index (κ1) is 16.7. The summed E-state index contributed by atoms with van der Waals surface area (Å²) in [7, 11) is 0. The number of carbonyl (C=O) groups is 2. The number of carboxylic acid groups (broad SMARTS) is 1. The van der Waals surface area contributed by atoms with E-state index in [1.165, 1.54) is 26.0 Å². The molecule has 0 fully saturated rings. The highest BCUT2D eigenvalue weighted by atomic mass is 35.5. The van der Waals surface area contributed by atoms with Gasteiger partial charge in [-0.15, -0.1) is 0 Å². The average molecular weight is 317 g/mol. The summed E-state index contributed by atoms with van der Waals surface area (Å²) in [6, 6.07) is 2.66. The average Bonchev–Trinajstić information content (AvgIpc) is 2.40. The molecule has 9 heteroatoms. The Morgan fingerprint density at radius 1 is 1.43 bits per heavy atom. The number of nitro groups is 1. The van der Waals surface area contributed by atoms with Crippen LogP contribution < -0.4 is 10.1 Å². The lowest BCUT2D eigenvalue weighted by atomic mass is 10.2. The van der Waals surface area contributed by atoms with Gasteiger partial charge in [0, 0.05) is 11.1 Å². The van der Waals surface area contributed by atoms with Gasteiger partial charge in [-0.05, 0) is 26.0 Å². The Morgan fingerprint density at radius 2 is 2.05 bits per heavy atom. The van der Waals surface area contributed by atoms with Crippen molar-refractivity contribution >= 4 is 29.2 Å². The van der Waals surface area contributed by atoms with Crippen LogP contribution in [0.1, 0.15) is 13.8 Å². The van der Waals surface area contributed by atoms with E-state index in [0.717, 1.165) is 6.07 Å². The van der Waals surface area contributed by atoms with Gasteiger partial charge in [0.2, 0.25) is 0 Å². The quantitative estimate of drug-likeness (QED) is 0.608. The van der Waals surface area contributed by atoms with Gasteiger partial charge in [-0.25, -0.2) is 0 Å². The van der Waals surface area contributed by atoms with Gasteiger partial charge in [0.25, 0.3) is 5.91 Å². The van der Waals surface area contributed by atoms with Crippen LogP contribution in [0.25, 0.3) is 0 Å². The summed E-state index contributed by atoms with van der Waals surface area (Å²) in [5.41, 5.74) is -0.381. The van der Waals surface area contributed by atoms with Gasteiger partial charge in [-0.3, -0.25) is 19.7 Å². The molecular formula is C12H13ClN2O6. The number of ether oxygens (including phenoxy) is 1. The molecule has 2 atom stereocenters. The highest BCUT2D eigenvalue weighted by Gasteiger charge is 2.23. The second-order valence-corrected chi connectivity index (χ2v) is 4.63. The molecule has 2 unspecified atom stereocenters. The molecule has 0 aliphatic heterocycles. The molecule has 0 bridgehead atoms. The third kappa shape index (κ3) is 4.60. The predicted octanol–water partition coefficient (Wildman–Crippen LogP) is 1.60. The zero-order valence-corrected chi connectivity index (χ0v) is 12.0. The molecule has 0 radical (unpaired) electrons. The Labute approximate surface area is 124 Å². The number of hydrogen-bond acceptors (Lipinski definition) is 5. The van der Waals surface area contributed by atoms with Crippen LogP contribution in [0.3, 0.4) is 0 Å². The number of amides is 1. The fraction of sp³-hybridized carbons (Fsp3) is 0.333. The Bertz CT molecular complexity index is 577. The summed E-state index contributed by atoms with van der Waals surface area (Å²) < 4.78 is 5.20. The molecule has 1 aromatic carbocycles. The lowest BCUT2D eigenvalue weighted by Gasteiger charge is -2.16. The van der Waals surface area contributed by atoms with E-state index in [1.807, 2.05) is 0 Å². The third-order valence-corrected chi connectivity index (χ3v) is 2.75. The lowest BCUT2D eigenvalue weighted by Crippen LogP contribution is -2.44. The smallest absolute Gasteiger partial charge is 0.325 e. The second kappa shape index (κ2) is 6.89. The lowest BCUT2D eigenvalue weighted by molar-refractivity contribution is -0.386. The molecule has 1 aromatic rings. The molecule has 0 spiro atoms. The molecule has 0 saturated carbocycles. The Balaban J connectivity index is 2.83. The van der Waals surface area contributed by atoms with Crippen molar-refractivity contribution < 1.29 is 24.4 Å². The number of carboxylic acids is 1. The number of nitro benzene ring substituents is 1. The minimum atomic E-state index is -1.20. The summed E-state index contributed by atoms with van der Waals surface area (Å²) in [5.74, 6) is -2.03. The second-order valence-electron chi connectivity index (χ2n) is 4.20. The molecule has 8 nitrogen and oxygen atoms in total. The van der Waals surface area contributed by atoms with E-state index < -0.39 is 28.9 Å². The summed E-state index contributed by atoms with van der Waals surface area (Å²) >= 11 is 5.66. The van der Waals surface area contributed by atoms with Gasteiger partial charge < -0.3 is 15.2 Å². The monoisotopic (exact) mass is 316 g/mol. The van der Waals surface area contributed by atoms with E-state index in [-0.39, 0.29) is 16.5 Å². The third-order valence-electron chi connectivity index (χ3n) is 2.52. The summed E-state index contributed by atoms with van der Waals surface area (Å²) in [6.45, 7) is 2.64. The molecule has 0 aliphatic rings. The first-order valence-corrected chi connectivity index (χ1v) is 6.24. The number of carbonyl (C=O) groups excluding carboxylic acids is 1. The van der Waals surface area contributed by atoms with Gasteiger partial charge in [-0.1, -0.05) is 11.6 Å². The van der Waals surface area contributed by atoms with Gasteiger partial charge in [0.05, 0.1) is 4.92 Å². The topological polar surface area (TPSA) is 119 Å². The molecule has 0 aromatic heterocycles. The minimum Gasteiger partial charge on any atom is -0.480 e.